The normalized spacial score (nSPS) is 13.3. The number of ketones is 1. The van der Waals surface area contributed by atoms with Gasteiger partial charge in [0.05, 0.1) is 0 Å². The van der Waals surface area contributed by atoms with E-state index in [4.69, 9.17) is 10.6 Å². The minimum Gasteiger partial charge on any atom is -0.480 e. The van der Waals surface area contributed by atoms with Crippen molar-refractivity contribution in [2.45, 2.75) is 38.8 Å². The summed E-state index contributed by atoms with van der Waals surface area (Å²) in [5.41, 5.74) is 8.12. The van der Waals surface area contributed by atoms with Crippen LogP contribution in [-0.4, -0.2) is 51.0 Å². The SMILES string of the molecule is CC(C)[C@H](O)C(=O)N[C@@H](CCC(=O)C=[N+]=[N-])C(=O)O. The number of aliphatic hydroxyl groups excluding tert-OH is 1. The van der Waals surface area contributed by atoms with E-state index in [0.717, 1.165) is 0 Å². The fourth-order valence-electron chi connectivity index (χ4n) is 1.23. The maximum Gasteiger partial charge on any atom is 0.326 e. The molecule has 0 radical (unpaired) electrons. The van der Waals surface area contributed by atoms with Gasteiger partial charge in [0.2, 0.25) is 11.7 Å². The highest BCUT2D eigenvalue weighted by molar-refractivity contribution is 6.25. The molecule has 19 heavy (non-hydrogen) atoms. The lowest BCUT2D eigenvalue weighted by Gasteiger charge is -2.18. The zero-order valence-corrected chi connectivity index (χ0v) is 10.7. The number of carbonyl (C=O) groups is 3. The number of aliphatic carboxylic acids is 1. The average Bonchev–Trinajstić information content (AvgIpc) is 2.32. The van der Waals surface area contributed by atoms with Crippen LogP contribution in [0.4, 0.5) is 0 Å². The molecule has 0 heterocycles. The summed E-state index contributed by atoms with van der Waals surface area (Å²) < 4.78 is 0. The minimum atomic E-state index is -1.31. The van der Waals surface area contributed by atoms with Crippen LogP contribution >= 0.6 is 0 Å². The van der Waals surface area contributed by atoms with Crippen molar-refractivity contribution in [1.82, 2.24) is 5.32 Å². The van der Waals surface area contributed by atoms with E-state index >= 15 is 0 Å². The monoisotopic (exact) mass is 271 g/mol. The topological polar surface area (TPSA) is 140 Å². The fraction of sp³-hybridized carbons (Fsp3) is 0.636. The number of aliphatic hydroxyl groups is 1. The molecule has 0 aliphatic rings. The van der Waals surface area contributed by atoms with Gasteiger partial charge in [-0.3, -0.25) is 9.59 Å². The van der Waals surface area contributed by atoms with Gasteiger partial charge in [0.15, 0.2) is 0 Å². The van der Waals surface area contributed by atoms with Crippen molar-refractivity contribution in [3.05, 3.63) is 5.53 Å². The van der Waals surface area contributed by atoms with Crippen molar-refractivity contribution in [3.8, 4) is 0 Å². The molecule has 0 aromatic rings. The van der Waals surface area contributed by atoms with E-state index in [2.05, 4.69) is 10.1 Å². The Labute approximate surface area is 110 Å². The summed E-state index contributed by atoms with van der Waals surface area (Å²) in [4.78, 5) is 36.0. The molecule has 2 atom stereocenters. The molecule has 0 aliphatic carbocycles. The number of carboxylic acids is 1. The zero-order valence-electron chi connectivity index (χ0n) is 10.7. The molecule has 0 rings (SSSR count). The van der Waals surface area contributed by atoms with Gasteiger partial charge in [0.25, 0.3) is 0 Å². The Morgan fingerprint density at radius 3 is 2.37 bits per heavy atom. The molecule has 0 spiro atoms. The van der Waals surface area contributed by atoms with Gasteiger partial charge in [-0.1, -0.05) is 13.8 Å². The third-order valence-corrected chi connectivity index (χ3v) is 2.40. The molecule has 8 nitrogen and oxygen atoms in total. The van der Waals surface area contributed by atoms with Crippen molar-refractivity contribution in [2.24, 2.45) is 5.92 Å². The van der Waals surface area contributed by atoms with Gasteiger partial charge in [0.1, 0.15) is 12.1 Å². The Kier molecular flexibility index (Phi) is 7.25. The molecule has 0 bridgehead atoms. The third kappa shape index (κ3) is 6.44. The van der Waals surface area contributed by atoms with E-state index in [1.54, 1.807) is 13.8 Å². The number of hydrogen-bond acceptors (Lipinski definition) is 4. The van der Waals surface area contributed by atoms with Gasteiger partial charge < -0.3 is 21.1 Å². The van der Waals surface area contributed by atoms with Gasteiger partial charge in [-0.15, -0.1) is 0 Å². The number of nitrogens with zero attached hydrogens (tertiary/aromatic N) is 2. The number of hydrogen-bond donors (Lipinski definition) is 3. The molecular weight excluding hydrogens is 254 g/mol. The van der Waals surface area contributed by atoms with Crippen molar-refractivity contribution in [3.63, 3.8) is 0 Å². The largest absolute Gasteiger partial charge is 0.480 e. The number of Topliss-reactive ketones (excluding diaryl/α,β-unsaturated/α-hetero) is 1. The summed E-state index contributed by atoms with van der Waals surface area (Å²) >= 11 is 0. The van der Waals surface area contributed by atoms with E-state index < -0.39 is 29.8 Å². The Hall–Kier alpha value is -2.05. The molecule has 0 unspecified atom stereocenters. The van der Waals surface area contributed by atoms with Crippen molar-refractivity contribution in [1.29, 1.82) is 0 Å². The van der Waals surface area contributed by atoms with Crippen molar-refractivity contribution >= 4 is 23.9 Å². The lowest BCUT2D eigenvalue weighted by atomic mass is 10.1. The highest BCUT2D eigenvalue weighted by atomic mass is 16.4. The van der Waals surface area contributed by atoms with Gasteiger partial charge in [-0.25, -0.2) is 4.79 Å². The Bertz CT molecular complexity index is 401. The van der Waals surface area contributed by atoms with Crippen LogP contribution in [0, 0.1) is 5.92 Å². The number of amides is 1. The van der Waals surface area contributed by atoms with Crippen LogP contribution in [0.2, 0.25) is 0 Å². The van der Waals surface area contributed by atoms with E-state index in [0.29, 0.717) is 6.21 Å². The van der Waals surface area contributed by atoms with E-state index in [1.807, 2.05) is 0 Å². The van der Waals surface area contributed by atoms with E-state index in [-0.39, 0.29) is 18.8 Å². The van der Waals surface area contributed by atoms with Gasteiger partial charge in [-0.2, -0.15) is 4.79 Å². The summed E-state index contributed by atoms with van der Waals surface area (Å²) in [6.45, 7) is 3.22. The molecule has 0 fully saturated rings. The maximum atomic E-state index is 11.5. The van der Waals surface area contributed by atoms with Crippen molar-refractivity contribution < 1.29 is 29.4 Å². The molecular formula is C11H17N3O5. The first-order chi connectivity index (χ1) is 8.79. The van der Waals surface area contributed by atoms with Crippen LogP contribution in [0.5, 0.6) is 0 Å². The molecule has 8 heteroatoms. The van der Waals surface area contributed by atoms with Crippen LogP contribution in [0.25, 0.3) is 5.53 Å². The molecule has 106 valence electrons. The first kappa shape index (κ1) is 16.9. The van der Waals surface area contributed by atoms with Crippen LogP contribution in [0.3, 0.4) is 0 Å². The molecule has 0 aromatic heterocycles. The van der Waals surface area contributed by atoms with Gasteiger partial charge >= 0.3 is 12.2 Å². The lowest BCUT2D eigenvalue weighted by molar-refractivity contribution is -0.144. The number of carboxylic acid groups (broad SMARTS) is 1. The maximum absolute atomic E-state index is 11.5. The average molecular weight is 271 g/mol. The highest BCUT2D eigenvalue weighted by Crippen LogP contribution is 2.04. The quantitative estimate of drug-likeness (QED) is 0.302. The third-order valence-electron chi connectivity index (χ3n) is 2.40. The van der Waals surface area contributed by atoms with Crippen LogP contribution < -0.4 is 5.32 Å². The van der Waals surface area contributed by atoms with Gasteiger partial charge in [-0.05, 0) is 12.3 Å². The second-order valence-electron chi connectivity index (χ2n) is 4.34. The van der Waals surface area contributed by atoms with Gasteiger partial charge in [0, 0.05) is 6.42 Å². The Morgan fingerprint density at radius 2 is 1.95 bits per heavy atom. The molecule has 0 saturated heterocycles. The first-order valence-corrected chi connectivity index (χ1v) is 5.71. The Morgan fingerprint density at radius 1 is 1.37 bits per heavy atom. The minimum absolute atomic E-state index is 0.156. The zero-order chi connectivity index (χ0) is 15.0. The smallest absolute Gasteiger partial charge is 0.326 e. The molecule has 0 aliphatic heterocycles. The molecule has 0 aromatic carbocycles. The first-order valence-electron chi connectivity index (χ1n) is 5.71. The molecule has 0 saturated carbocycles. The fourth-order valence-corrected chi connectivity index (χ4v) is 1.23. The molecule has 1 amide bonds. The summed E-state index contributed by atoms with van der Waals surface area (Å²) in [5.74, 6) is -3.02. The highest BCUT2D eigenvalue weighted by Gasteiger charge is 2.26. The van der Waals surface area contributed by atoms with Crippen LogP contribution in [0.1, 0.15) is 26.7 Å². The second kappa shape index (κ2) is 8.12. The van der Waals surface area contributed by atoms with Crippen LogP contribution in [-0.2, 0) is 14.4 Å². The number of nitrogens with one attached hydrogen (secondary N) is 1. The number of rotatable bonds is 8. The molecule has 3 N–H and O–H groups in total. The summed E-state index contributed by atoms with van der Waals surface area (Å²) in [6, 6.07) is -1.28. The standard InChI is InChI=1S/C11H17N3O5/c1-6(2)9(16)10(17)14-8(11(18)19)4-3-7(15)5-13-12/h5-6,8-9,16H,3-4H2,1-2H3,(H,14,17)(H,18,19)/t8-,9-/m0/s1. The predicted molar refractivity (Wildman–Crippen MR) is 64.3 cm³/mol. The lowest BCUT2D eigenvalue weighted by Crippen LogP contribution is -2.47. The van der Waals surface area contributed by atoms with E-state index in [1.165, 1.54) is 0 Å². The predicted octanol–water partition coefficient (Wildman–Crippen LogP) is -0.777. The van der Waals surface area contributed by atoms with E-state index in [9.17, 15) is 19.5 Å². The second-order valence-corrected chi connectivity index (χ2v) is 4.34. The summed E-state index contributed by atoms with van der Waals surface area (Å²) in [5, 5.41) is 20.5. The van der Waals surface area contributed by atoms with Crippen LogP contribution in [0.15, 0.2) is 0 Å². The Balaban J connectivity index is 4.50. The van der Waals surface area contributed by atoms with Crippen molar-refractivity contribution in [2.75, 3.05) is 0 Å². The number of carbonyl (C=O) groups excluding carboxylic acids is 2. The summed E-state index contributed by atoms with van der Waals surface area (Å²) in [6.07, 6.45) is -1.00. The summed E-state index contributed by atoms with van der Waals surface area (Å²) in [7, 11) is 0.